The highest BCUT2D eigenvalue weighted by atomic mass is 35.5. The van der Waals surface area contributed by atoms with Crippen molar-refractivity contribution < 1.29 is 9.53 Å². The predicted molar refractivity (Wildman–Crippen MR) is 54.1 cm³/mol. The number of ether oxygens (including phenoxy) is 1. The Balaban J connectivity index is 3.02. The van der Waals surface area contributed by atoms with E-state index in [0.29, 0.717) is 25.5 Å². The zero-order valence-corrected chi connectivity index (χ0v) is 8.90. The van der Waals surface area contributed by atoms with Crippen LogP contribution in [0.1, 0.15) is 26.2 Å². The molecule has 1 N–H and O–H groups in total. The SMILES string of the molecule is CCCCOCCNC(=O)CCCl. The summed E-state index contributed by atoms with van der Waals surface area (Å²) in [5.41, 5.74) is 0. The molecule has 0 aliphatic carbocycles. The number of hydrogen-bond acceptors (Lipinski definition) is 2. The minimum atomic E-state index is -0.00547. The Labute approximate surface area is 84.8 Å². The summed E-state index contributed by atoms with van der Waals surface area (Å²) in [7, 11) is 0. The number of rotatable bonds is 8. The molecule has 0 aliphatic heterocycles. The monoisotopic (exact) mass is 207 g/mol. The number of nitrogens with one attached hydrogen (secondary N) is 1. The minimum Gasteiger partial charge on any atom is -0.380 e. The second-order valence-electron chi connectivity index (χ2n) is 2.75. The molecular formula is C9H18ClNO2. The van der Waals surface area contributed by atoms with Crippen LogP contribution in [0.4, 0.5) is 0 Å². The van der Waals surface area contributed by atoms with Crippen LogP contribution >= 0.6 is 11.6 Å². The van der Waals surface area contributed by atoms with Gasteiger partial charge in [-0.2, -0.15) is 0 Å². The van der Waals surface area contributed by atoms with Crippen molar-refractivity contribution in [2.24, 2.45) is 0 Å². The zero-order chi connectivity index (χ0) is 9.94. The number of amides is 1. The van der Waals surface area contributed by atoms with Crippen LogP contribution in [0.3, 0.4) is 0 Å². The van der Waals surface area contributed by atoms with Crippen molar-refractivity contribution in [3.63, 3.8) is 0 Å². The lowest BCUT2D eigenvalue weighted by molar-refractivity contribution is -0.120. The number of carbonyl (C=O) groups excluding carboxylic acids is 1. The van der Waals surface area contributed by atoms with Gasteiger partial charge in [0.2, 0.25) is 5.91 Å². The molecule has 0 aromatic rings. The topological polar surface area (TPSA) is 38.3 Å². The molecule has 0 saturated carbocycles. The van der Waals surface area contributed by atoms with Crippen molar-refractivity contribution >= 4 is 17.5 Å². The van der Waals surface area contributed by atoms with Gasteiger partial charge in [0.05, 0.1) is 6.61 Å². The molecule has 78 valence electrons. The normalized spacial score (nSPS) is 10.0. The van der Waals surface area contributed by atoms with E-state index in [1.807, 2.05) is 0 Å². The molecule has 0 unspecified atom stereocenters. The van der Waals surface area contributed by atoms with Crippen molar-refractivity contribution in [2.45, 2.75) is 26.2 Å². The van der Waals surface area contributed by atoms with Crippen molar-refractivity contribution in [3.05, 3.63) is 0 Å². The zero-order valence-electron chi connectivity index (χ0n) is 8.14. The van der Waals surface area contributed by atoms with Crippen LogP contribution in [-0.4, -0.2) is 31.5 Å². The first-order valence-corrected chi connectivity index (χ1v) is 5.25. The highest BCUT2D eigenvalue weighted by molar-refractivity contribution is 6.18. The first-order valence-electron chi connectivity index (χ1n) is 4.71. The third-order valence-electron chi connectivity index (χ3n) is 1.53. The fourth-order valence-corrected chi connectivity index (χ4v) is 0.957. The Morgan fingerprint density at radius 1 is 1.46 bits per heavy atom. The van der Waals surface area contributed by atoms with E-state index in [-0.39, 0.29) is 5.91 Å². The molecule has 0 rings (SSSR count). The maximum absolute atomic E-state index is 10.9. The van der Waals surface area contributed by atoms with Crippen LogP contribution in [0, 0.1) is 0 Å². The largest absolute Gasteiger partial charge is 0.380 e. The average molecular weight is 208 g/mol. The van der Waals surface area contributed by atoms with E-state index in [0.717, 1.165) is 19.4 Å². The quantitative estimate of drug-likeness (QED) is 0.485. The Bertz CT molecular complexity index is 131. The van der Waals surface area contributed by atoms with Crippen molar-refractivity contribution in [1.29, 1.82) is 0 Å². The van der Waals surface area contributed by atoms with E-state index in [4.69, 9.17) is 16.3 Å². The molecule has 0 aromatic carbocycles. The molecule has 0 spiro atoms. The van der Waals surface area contributed by atoms with E-state index < -0.39 is 0 Å². The van der Waals surface area contributed by atoms with Crippen LogP contribution in [0.2, 0.25) is 0 Å². The van der Waals surface area contributed by atoms with Gasteiger partial charge in [-0.3, -0.25) is 4.79 Å². The molecule has 0 fully saturated rings. The van der Waals surface area contributed by atoms with Gasteiger partial charge in [0.15, 0.2) is 0 Å². The molecule has 0 saturated heterocycles. The summed E-state index contributed by atoms with van der Waals surface area (Å²) in [6, 6.07) is 0. The van der Waals surface area contributed by atoms with Crippen molar-refractivity contribution in [2.75, 3.05) is 25.6 Å². The number of alkyl halides is 1. The number of halogens is 1. The number of hydrogen-bond donors (Lipinski definition) is 1. The molecule has 0 aliphatic rings. The van der Waals surface area contributed by atoms with E-state index >= 15 is 0 Å². The third-order valence-corrected chi connectivity index (χ3v) is 1.72. The molecule has 0 atom stereocenters. The van der Waals surface area contributed by atoms with Crippen LogP contribution in [0.15, 0.2) is 0 Å². The van der Waals surface area contributed by atoms with E-state index in [9.17, 15) is 4.79 Å². The fraction of sp³-hybridized carbons (Fsp3) is 0.889. The van der Waals surface area contributed by atoms with Gasteiger partial charge >= 0.3 is 0 Å². The van der Waals surface area contributed by atoms with Crippen LogP contribution in [0.25, 0.3) is 0 Å². The molecule has 0 aromatic heterocycles. The summed E-state index contributed by atoms with van der Waals surface area (Å²) < 4.78 is 5.25. The smallest absolute Gasteiger partial charge is 0.221 e. The summed E-state index contributed by atoms with van der Waals surface area (Å²) in [5.74, 6) is 0.372. The van der Waals surface area contributed by atoms with Gasteiger partial charge in [0.25, 0.3) is 0 Å². The molecular weight excluding hydrogens is 190 g/mol. The lowest BCUT2D eigenvalue weighted by atomic mass is 10.4. The summed E-state index contributed by atoms with van der Waals surface area (Å²) in [6.45, 7) is 4.07. The second kappa shape index (κ2) is 9.81. The molecule has 0 bridgehead atoms. The van der Waals surface area contributed by atoms with Crippen LogP contribution < -0.4 is 5.32 Å². The maximum atomic E-state index is 10.9. The van der Waals surface area contributed by atoms with Gasteiger partial charge in [0.1, 0.15) is 0 Å². The average Bonchev–Trinajstić information content (AvgIpc) is 2.11. The molecule has 0 radical (unpaired) electrons. The van der Waals surface area contributed by atoms with Crippen molar-refractivity contribution in [1.82, 2.24) is 5.32 Å². The first-order chi connectivity index (χ1) is 6.31. The first kappa shape index (κ1) is 12.7. The molecule has 13 heavy (non-hydrogen) atoms. The molecule has 1 amide bonds. The van der Waals surface area contributed by atoms with Crippen LogP contribution in [-0.2, 0) is 9.53 Å². The fourth-order valence-electron chi connectivity index (χ4n) is 0.785. The Morgan fingerprint density at radius 3 is 2.85 bits per heavy atom. The molecule has 4 heteroatoms. The standard InChI is InChI=1S/C9H18ClNO2/c1-2-3-7-13-8-6-11-9(12)4-5-10/h2-8H2,1H3,(H,11,12). The Hall–Kier alpha value is -0.280. The van der Waals surface area contributed by atoms with Gasteiger partial charge in [-0.1, -0.05) is 13.3 Å². The lowest BCUT2D eigenvalue weighted by Gasteiger charge is -2.04. The molecule has 0 heterocycles. The third kappa shape index (κ3) is 9.64. The summed E-state index contributed by atoms with van der Waals surface area (Å²) in [4.78, 5) is 10.9. The second-order valence-corrected chi connectivity index (χ2v) is 3.13. The highest BCUT2D eigenvalue weighted by Gasteiger charge is 1.97. The maximum Gasteiger partial charge on any atom is 0.221 e. The number of unbranched alkanes of at least 4 members (excludes halogenated alkanes) is 1. The summed E-state index contributed by atoms with van der Waals surface area (Å²) in [6.07, 6.45) is 2.60. The van der Waals surface area contributed by atoms with Gasteiger partial charge < -0.3 is 10.1 Å². The molecule has 3 nitrogen and oxygen atoms in total. The lowest BCUT2D eigenvalue weighted by Crippen LogP contribution is -2.27. The Kier molecular flexibility index (Phi) is 9.59. The van der Waals surface area contributed by atoms with E-state index in [1.54, 1.807) is 0 Å². The van der Waals surface area contributed by atoms with Gasteiger partial charge in [-0.05, 0) is 6.42 Å². The highest BCUT2D eigenvalue weighted by Crippen LogP contribution is 1.87. The minimum absolute atomic E-state index is 0.00547. The Morgan fingerprint density at radius 2 is 2.23 bits per heavy atom. The van der Waals surface area contributed by atoms with Gasteiger partial charge in [-0.15, -0.1) is 11.6 Å². The van der Waals surface area contributed by atoms with Crippen molar-refractivity contribution in [3.8, 4) is 0 Å². The van der Waals surface area contributed by atoms with E-state index in [1.165, 1.54) is 0 Å². The van der Waals surface area contributed by atoms with Crippen LogP contribution in [0.5, 0.6) is 0 Å². The van der Waals surface area contributed by atoms with Gasteiger partial charge in [-0.25, -0.2) is 0 Å². The van der Waals surface area contributed by atoms with E-state index in [2.05, 4.69) is 12.2 Å². The number of carbonyl (C=O) groups is 1. The predicted octanol–water partition coefficient (Wildman–Crippen LogP) is 1.55. The summed E-state index contributed by atoms with van der Waals surface area (Å²) >= 11 is 5.39. The van der Waals surface area contributed by atoms with Gasteiger partial charge in [0, 0.05) is 25.5 Å². The summed E-state index contributed by atoms with van der Waals surface area (Å²) in [5, 5.41) is 2.71.